The first-order valence-corrected chi connectivity index (χ1v) is 21.2. The molecule has 13 heteroatoms. The highest BCUT2D eigenvalue weighted by Gasteiger charge is 2.60. The zero-order valence-corrected chi connectivity index (χ0v) is 37.5. The van der Waals surface area contributed by atoms with Gasteiger partial charge in [-0.1, -0.05) is 68.2 Å². The summed E-state index contributed by atoms with van der Waals surface area (Å²) in [6.45, 7) is 24.7. The van der Waals surface area contributed by atoms with Crippen LogP contribution in [0.2, 0.25) is 10.0 Å². The van der Waals surface area contributed by atoms with Gasteiger partial charge >= 0.3 is 6.03 Å². The van der Waals surface area contributed by atoms with E-state index >= 15 is 4.79 Å². The van der Waals surface area contributed by atoms with E-state index < -0.39 is 11.1 Å². The largest absolute Gasteiger partial charge is 0.493 e. The molecule has 2 aliphatic rings. The quantitative estimate of drug-likeness (QED) is 0.152. The number of carbonyl (C=O) groups is 2. The average Bonchev–Trinajstić information content (AvgIpc) is 3.41. The molecular formula is C45H62Cl2N6O5. The zero-order chi connectivity index (χ0) is 42.4. The number of pyridine rings is 1. The predicted molar refractivity (Wildman–Crippen MR) is 232 cm³/mol. The molecule has 3 heterocycles. The number of aliphatic imine (C=N–C) groups is 1. The lowest BCUT2D eigenvalue weighted by molar-refractivity contribution is -0.134. The second-order valence-corrected chi connectivity index (χ2v) is 17.8. The number of amidine groups is 1. The van der Waals surface area contributed by atoms with Crippen LogP contribution in [0.15, 0.2) is 65.8 Å². The zero-order valence-electron chi connectivity index (χ0n) is 36.0. The van der Waals surface area contributed by atoms with Crippen LogP contribution in [0.5, 0.6) is 5.75 Å². The molecule has 0 radical (unpaired) electrons. The van der Waals surface area contributed by atoms with E-state index in [1.165, 1.54) is 0 Å². The number of amides is 3. The summed E-state index contributed by atoms with van der Waals surface area (Å²) in [6.07, 6.45) is 1.94. The van der Waals surface area contributed by atoms with E-state index in [-0.39, 0.29) is 36.1 Å². The molecular weight excluding hydrogens is 775 g/mol. The molecule has 1 aromatic heterocycles. The van der Waals surface area contributed by atoms with Gasteiger partial charge in [-0.25, -0.2) is 4.79 Å². The number of halogens is 2. The van der Waals surface area contributed by atoms with Crippen molar-refractivity contribution >= 4 is 41.0 Å². The van der Waals surface area contributed by atoms with Crippen LogP contribution < -0.4 is 4.74 Å². The molecule has 1 fully saturated rings. The smallest absolute Gasteiger partial charge is 0.326 e. The molecule has 2 aromatic carbocycles. The Hall–Kier alpha value is -3.74. The summed E-state index contributed by atoms with van der Waals surface area (Å²) in [4.78, 5) is 47.2. The van der Waals surface area contributed by atoms with E-state index in [4.69, 9.17) is 47.4 Å². The number of aromatic nitrogens is 1. The number of nitrogens with zero attached hydrogens (tertiary/aromatic N) is 6. The molecule has 2 aliphatic heterocycles. The number of piperazine rings is 1. The minimum absolute atomic E-state index is 0.0113. The number of benzene rings is 2. The molecule has 0 spiro atoms. The van der Waals surface area contributed by atoms with Crippen molar-refractivity contribution in [2.75, 3.05) is 65.6 Å². The standard InChI is InChI=1S/C45H62Cl2N6O5/c1-11-56-38-28-39(43(6,7)8)48-29-37(38)41-49-44(9,33-12-16-35(46)17-13-33)45(10,34-14-18-36(47)19-15-34)53(41)42(55)52-22-20-50(21-23-52)30-40(54)51(24-26-57-31(2)3)25-27-58-32(4)5/h12-19,28-29,31-32H,11,20-27,30H2,1-10H3/t44-,45+/m0/s1. The Bertz CT molecular complexity index is 1880. The SMILES string of the molecule is CCOc1cc(C(C)(C)C)ncc1C1=N[C@@](C)(c2ccc(Cl)cc2)[C@@](C)(c2ccc(Cl)cc2)N1C(=O)N1CCN(CC(=O)N(CCOC(C)C)CCOC(C)C)CC1. The maximum atomic E-state index is 15.4. The van der Waals surface area contributed by atoms with Gasteiger partial charge in [-0.15, -0.1) is 0 Å². The Morgan fingerprint density at radius 2 is 1.38 bits per heavy atom. The van der Waals surface area contributed by atoms with Crippen molar-refractivity contribution in [1.29, 1.82) is 0 Å². The van der Waals surface area contributed by atoms with Crippen LogP contribution in [0.25, 0.3) is 0 Å². The monoisotopic (exact) mass is 836 g/mol. The van der Waals surface area contributed by atoms with Gasteiger partial charge < -0.3 is 24.0 Å². The van der Waals surface area contributed by atoms with Crippen LogP contribution in [-0.4, -0.2) is 120 Å². The van der Waals surface area contributed by atoms with Gasteiger partial charge in [-0.05, 0) is 83.9 Å². The summed E-state index contributed by atoms with van der Waals surface area (Å²) < 4.78 is 17.9. The molecule has 0 N–H and O–H groups in total. The van der Waals surface area contributed by atoms with E-state index in [2.05, 4.69) is 39.5 Å². The third-order valence-electron chi connectivity index (χ3n) is 11.1. The summed E-state index contributed by atoms with van der Waals surface area (Å²) in [5.74, 6) is 1.07. The summed E-state index contributed by atoms with van der Waals surface area (Å²) >= 11 is 12.9. The van der Waals surface area contributed by atoms with Crippen LogP contribution >= 0.6 is 23.2 Å². The fourth-order valence-electron chi connectivity index (χ4n) is 7.55. The van der Waals surface area contributed by atoms with E-state index in [0.29, 0.717) is 86.3 Å². The molecule has 0 bridgehead atoms. The van der Waals surface area contributed by atoms with Gasteiger partial charge in [-0.3, -0.25) is 24.6 Å². The Kier molecular flexibility index (Phi) is 14.9. The van der Waals surface area contributed by atoms with Crippen LogP contribution in [0.4, 0.5) is 4.79 Å². The second kappa shape index (κ2) is 19.1. The van der Waals surface area contributed by atoms with Crippen molar-refractivity contribution in [1.82, 2.24) is 24.6 Å². The summed E-state index contributed by atoms with van der Waals surface area (Å²) in [7, 11) is 0. The second-order valence-electron chi connectivity index (χ2n) is 16.9. The van der Waals surface area contributed by atoms with Crippen LogP contribution in [0, 0.1) is 0 Å². The fraction of sp³-hybridized carbons (Fsp3) is 0.556. The third-order valence-corrected chi connectivity index (χ3v) is 11.6. The van der Waals surface area contributed by atoms with Gasteiger partial charge in [0.15, 0.2) is 0 Å². The number of hydrogen-bond acceptors (Lipinski definition) is 8. The van der Waals surface area contributed by atoms with Gasteiger partial charge in [0.05, 0.1) is 44.1 Å². The van der Waals surface area contributed by atoms with Gasteiger partial charge in [-0.2, -0.15) is 0 Å². The molecule has 58 heavy (non-hydrogen) atoms. The maximum Gasteiger partial charge on any atom is 0.326 e. The highest BCUT2D eigenvalue weighted by atomic mass is 35.5. The van der Waals surface area contributed by atoms with E-state index in [1.54, 1.807) is 6.20 Å². The van der Waals surface area contributed by atoms with Crippen molar-refractivity contribution in [3.63, 3.8) is 0 Å². The molecule has 11 nitrogen and oxygen atoms in total. The van der Waals surface area contributed by atoms with Crippen molar-refractivity contribution < 1.29 is 23.8 Å². The fourth-order valence-corrected chi connectivity index (χ4v) is 7.80. The van der Waals surface area contributed by atoms with Crippen LogP contribution in [0.1, 0.15) is 91.6 Å². The van der Waals surface area contributed by atoms with Crippen molar-refractivity contribution in [2.24, 2.45) is 4.99 Å². The lowest BCUT2D eigenvalue weighted by Crippen LogP contribution is -2.61. The number of hydrogen-bond donors (Lipinski definition) is 0. The molecule has 316 valence electrons. The van der Waals surface area contributed by atoms with E-state index in [1.807, 2.05) is 104 Å². The number of rotatable bonds is 15. The first kappa shape index (κ1) is 45.3. The summed E-state index contributed by atoms with van der Waals surface area (Å²) in [5.41, 5.74) is 0.909. The number of urea groups is 1. The Morgan fingerprint density at radius 1 is 0.845 bits per heavy atom. The molecule has 1 saturated heterocycles. The Morgan fingerprint density at radius 3 is 1.88 bits per heavy atom. The van der Waals surface area contributed by atoms with Crippen molar-refractivity contribution in [3.8, 4) is 5.75 Å². The topological polar surface area (TPSA) is 100 Å². The normalized spacial score (nSPS) is 20.2. The van der Waals surface area contributed by atoms with E-state index in [9.17, 15) is 4.79 Å². The number of carbonyl (C=O) groups excluding carboxylic acids is 2. The molecule has 0 aliphatic carbocycles. The van der Waals surface area contributed by atoms with Crippen LogP contribution in [0.3, 0.4) is 0 Å². The van der Waals surface area contributed by atoms with Gasteiger partial charge in [0.1, 0.15) is 22.7 Å². The van der Waals surface area contributed by atoms with Crippen molar-refractivity contribution in [2.45, 2.75) is 97.9 Å². The highest BCUT2D eigenvalue weighted by molar-refractivity contribution is 6.30. The highest BCUT2D eigenvalue weighted by Crippen LogP contribution is 2.54. The lowest BCUT2D eigenvalue weighted by atomic mass is 9.71. The molecule has 0 saturated carbocycles. The summed E-state index contributed by atoms with van der Waals surface area (Å²) in [5, 5.41) is 1.19. The lowest BCUT2D eigenvalue weighted by Gasteiger charge is -2.47. The molecule has 5 rings (SSSR count). The Labute approximate surface area is 355 Å². The van der Waals surface area contributed by atoms with Crippen LogP contribution in [-0.2, 0) is 30.8 Å². The average molecular weight is 838 g/mol. The minimum atomic E-state index is -1.06. The predicted octanol–water partition coefficient (Wildman–Crippen LogP) is 8.39. The van der Waals surface area contributed by atoms with Gasteiger partial charge in [0.2, 0.25) is 5.91 Å². The van der Waals surface area contributed by atoms with Gasteiger partial charge in [0.25, 0.3) is 0 Å². The maximum absolute atomic E-state index is 15.4. The first-order valence-electron chi connectivity index (χ1n) is 20.5. The van der Waals surface area contributed by atoms with Crippen molar-refractivity contribution in [3.05, 3.63) is 93.2 Å². The molecule has 2 atom stereocenters. The van der Waals surface area contributed by atoms with Gasteiger partial charge in [0, 0.05) is 72.7 Å². The van der Waals surface area contributed by atoms with E-state index in [0.717, 1.165) is 16.8 Å². The molecule has 0 unspecified atom stereocenters. The molecule has 3 amide bonds. The minimum Gasteiger partial charge on any atom is -0.493 e. The molecule has 3 aromatic rings. The third kappa shape index (κ3) is 10.2. The summed E-state index contributed by atoms with van der Waals surface area (Å²) in [6, 6.07) is 17.0. The first-order chi connectivity index (χ1) is 27.4. The number of ether oxygens (including phenoxy) is 3. The Balaban J connectivity index is 1.51.